The summed E-state index contributed by atoms with van der Waals surface area (Å²) in [6.07, 6.45) is -2.64. The van der Waals surface area contributed by atoms with Crippen molar-refractivity contribution in [3.05, 3.63) is 34.3 Å². The number of alkyl carbamates (subject to hydrolysis) is 1. The van der Waals surface area contributed by atoms with Gasteiger partial charge in [-0.1, -0.05) is 17.7 Å². The summed E-state index contributed by atoms with van der Waals surface area (Å²) >= 11 is 5.89. The van der Waals surface area contributed by atoms with Crippen molar-refractivity contribution in [1.82, 2.24) is 5.32 Å². The van der Waals surface area contributed by atoms with Crippen molar-refractivity contribution in [1.29, 1.82) is 0 Å². The van der Waals surface area contributed by atoms with Gasteiger partial charge < -0.3 is 25.4 Å². The second-order valence-electron chi connectivity index (χ2n) is 6.24. The van der Waals surface area contributed by atoms with Crippen LogP contribution in [-0.4, -0.2) is 39.7 Å². The second kappa shape index (κ2) is 8.49. The van der Waals surface area contributed by atoms with Gasteiger partial charge in [0.1, 0.15) is 11.7 Å². The highest BCUT2D eigenvalue weighted by atomic mass is 35.5. The van der Waals surface area contributed by atoms with Crippen LogP contribution in [0.4, 0.5) is 4.79 Å². The first-order chi connectivity index (χ1) is 10.6. The number of amides is 1. The zero-order chi connectivity index (χ0) is 17.6. The molecule has 23 heavy (non-hydrogen) atoms. The molecule has 0 heterocycles. The predicted octanol–water partition coefficient (Wildman–Crippen LogP) is 2.14. The Morgan fingerprint density at radius 1 is 1.35 bits per heavy atom. The molecule has 1 amide bonds. The lowest BCUT2D eigenvalue weighted by atomic mass is 10.0. The number of ether oxygens (including phenoxy) is 1. The molecule has 0 spiro atoms. The number of hydrogen-bond donors (Lipinski definition) is 4. The molecular weight excluding hydrogens is 322 g/mol. The fraction of sp³-hybridized carbons (Fsp3) is 0.562. The smallest absolute Gasteiger partial charge is 0.407 e. The summed E-state index contributed by atoms with van der Waals surface area (Å²) in [6.45, 7) is 5.17. The molecule has 0 radical (unpaired) electrons. The topological polar surface area (TPSA) is 99.0 Å². The summed E-state index contributed by atoms with van der Waals surface area (Å²) in [5.74, 6) is 0. The molecule has 4 N–H and O–H groups in total. The highest BCUT2D eigenvalue weighted by molar-refractivity contribution is 6.31. The van der Waals surface area contributed by atoms with Crippen LogP contribution in [0.15, 0.2) is 18.2 Å². The lowest BCUT2D eigenvalue weighted by molar-refractivity contribution is 0.0122. The predicted molar refractivity (Wildman–Crippen MR) is 87.2 cm³/mol. The number of carbonyl (C=O) groups is 1. The molecule has 1 aromatic rings. The van der Waals surface area contributed by atoms with Crippen molar-refractivity contribution < 1.29 is 24.9 Å². The van der Waals surface area contributed by atoms with Gasteiger partial charge in [-0.2, -0.15) is 0 Å². The molecule has 0 aliphatic heterocycles. The van der Waals surface area contributed by atoms with Crippen LogP contribution in [0.25, 0.3) is 0 Å². The number of hydrogen-bond acceptors (Lipinski definition) is 5. The summed E-state index contributed by atoms with van der Waals surface area (Å²) in [5.41, 5.74) is 0.331. The maximum absolute atomic E-state index is 11.5. The van der Waals surface area contributed by atoms with E-state index in [1.165, 1.54) is 6.07 Å². The Hall–Kier alpha value is -1.34. The first-order valence-electron chi connectivity index (χ1n) is 7.36. The Morgan fingerprint density at radius 3 is 2.57 bits per heavy atom. The summed E-state index contributed by atoms with van der Waals surface area (Å²) in [6, 6.07) is 4.67. The molecule has 0 fully saturated rings. The molecule has 130 valence electrons. The fourth-order valence-corrected chi connectivity index (χ4v) is 2.09. The molecule has 0 aromatic heterocycles. The number of aliphatic hydroxyl groups is 3. The average molecular weight is 346 g/mol. The van der Waals surface area contributed by atoms with Gasteiger partial charge in [0.05, 0.1) is 12.7 Å². The van der Waals surface area contributed by atoms with E-state index < -0.39 is 23.9 Å². The number of aliphatic hydroxyl groups excluding tert-OH is 3. The van der Waals surface area contributed by atoms with Crippen LogP contribution in [0.3, 0.4) is 0 Å². The maximum Gasteiger partial charge on any atom is 0.407 e. The first kappa shape index (κ1) is 19.7. The van der Waals surface area contributed by atoms with E-state index >= 15 is 0 Å². The van der Waals surface area contributed by atoms with Crippen LogP contribution in [0.1, 0.15) is 44.4 Å². The molecule has 0 aliphatic rings. The molecule has 2 atom stereocenters. The zero-order valence-electron chi connectivity index (χ0n) is 13.5. The minimum atomic E-state index is -1.14. The molecule has 7 heteroatoms. The largest absolute Gasteiger partial charge is 0.444 e. The van der Waals surface area contributed by atoms with Crippen LogP contribution in [-0.2, 0) is 11.3 Å². The maximum atomic E-state index is 11.5. The van der Waals surface area contributed by atoms with Gasteiger partial charge in [0.15, 0.2) is 0 Å². The molecule has 2 unspecified atom stereocenters. The van der Waals surface area contributed by atoms with Gasteiger partial charge in [0.2, 0.25) is 0 Å². The van der Waals surface area contributed by atoms with Crippen LogP contribution in [0, 0.1) is 0 Å². The Morgan fingerprint density at radius 2 is 2.00 bits per heavy atom. The second-order valence-corrected chi connectivity index (χ2v) is 6.65. The minimum Gasteiger partial charge on any atom is -0.444 e. The molecule has 0 bridgehead atoms. The van der Waals surface area contributed by atoms with Gasteiger partial charge in [-0.25, -0.2) is 4.79 Å². The van der Waals surface area contributed by atoms with Crippen molar-refractivity contribution in [3.8, 4) is 0 Å². The normalized spacial score (nSPS) is 14.2. The van der Waals surface area contributed by atoms with Crippen LogP contribution in [0.2, 0.25) is 5.02 Å². The molecular formula is C16H24ClNO5. The Bertz CT molecular complexity index is 530. The molecule has 0 saturated carbocycles. The van der Waals surface area contributed by atoms with Gasteiger partial charge in [0, 0.05) is 11.6 Å². The Labute approximate surface area is 141 Å². The Kier molecular flexibility index (Phi) is 7.28. The summed E-state index contributed by atoms with van der Waals surface area (Å²) in [5, 5.41) is 32.2. The van der Waals surface area contributed by atoms with E-state index in [2.05, 4.69) is 5.32 Å². The van der Waals surface area contributed by atoms with Crippen molar-refractivity contribution in [2.75, 3.05) is 6.54 Å². The lowest BCUT2D eigenvalue weighted by Gasteiger charge is -2.21. The first-order valence-corrected chi connectivity index (χ1v) is 7.74. The minimum absolute atomic E-state index is 0.150. The van der Waals surface area contributed by atoms with E-state index in [1.54, 1.807) is 32.9 Å². The van der Waals surface area contributed by atoms with Crippen molar-refractivity contribution in [3.63, 3.8) is 0 Å². The van der Waals surface area contributed by atoms with Gasteiger partial charge in [-0.05, 0) is 50.5 Å². The van der Waals surface area contributed by atoms with Crippen LogP contribution in [0.5, 0.6) is 0 Å². The van der Waals surface area contributed by atoms with Crippen molar-refractivity contribution in [2.45, 2.75) is 51.6 Å². The number of carbonyl (C=O) groups excluding carboxylic acids is 1. The van der Waals surface area contributed by atoms with Gasteiger partial charge in [-0.15, -0.1) is 0 Å². The number of benzene rings is 1. The zero-order valence-corrected chi connectivity index (χ0v) is 14.3. The van der Waals surface area contributed by atoms with Gasteiger partial charge in [0.25, 0.3) is 0 Å². The average Bonchev–Trinajstić information content (AvgIpc) is 2.45. The van der Waals surface area contributed by atoms with Gasteiger partial charge >= 0.3 is 6.09 Å². The third-order valence-corrected chi connectivity index (χ3v) is 3.42. The van der Waals surface area contributed by atoms with Gasteiger partial charge in [-0.3, -0.25) is 0 Å². The molecule has 1 aromatic carbocycles. The third kappa shape index (κ3) is 6.74. The summed E-state index contributed by atoms with van der Waals surface area (Å²) in [4.78, 5) is 11.5. The number of halogens is 1. The molecule has 6 nitrogen and oxygen atoms in total. The highest BCUT2D eigenvalue weighted by Crippen LogP contribution is 2.24. The summed E-state index contributed by atoms with van der Waals surface area (Å²) < 4.78 is 5.07. The SMILES string of the molecule is CC(C)(C)OC(=O)NCCC(O)C(O)c1ccc(Cl)c(CO)c1. The third-order valence-electron chi connectivity index (χ3n) is 3.05. The number of rotatable bonds is 6. The van der Waals surface area contributed by atoms with E-state index in [0.29, 0.717) is 16.1 Å². The van der Waals surface area contributed by atoms with E-state index in [-0.39, 0.29) is 19.6 Å². The summed E-state index contributed by atoms with van der Waals surface area (Å²) in [7, 11) is 0. The van der Waals surface area contributed by atoms with Crippen LogP contribution < -0.4 is 5.32 Å². The monoisotopic (exact) mass is 345 g/mol. The van der Waals surface area contributed by atoms with E-state index in [4.69, 9.17) is 21.4 Å². The fourth-order valence-electron chi connectivity index (χ4n) is 1.92. The lowest BCUT2D eigenvalue weighted by Crippen LogP contribution is -2.34. The highest BCUT2D eigenvalue weighted by Gasteiger charge is 2.20. The Balaban J connectivity index is 2.51. The van der Waals surface area contributed by atoms with E-state index in [0.717, 1.165) is 0 Å². The van der Waals surface area contributed by atoms with Crippen molar-refractivity contribution in [2.24, 2.45) is 0 Å². The van der Waals surface area contributed by atoms with Crippen molar-refractivity contribution >= 4 is 17.7 Å². The molecule has 0 aliphatic carbocycles. The molecule has 0 saturated heterocycles. The standard InChI is InChI=1S/C16H24ClNO5/c1-16(2,3)23-15(22)18-7-6-13(20)14(21)10-4-5-12(17)11(8-10)9-19/h4-5,8,13-14,19-21H,6-7,9H2,1-3H3,(H,18,22). The van der Waals surface area contributed by atoms with Crippen LogP contribution >= 0.6 is 11.6 Å². The molecule has 1 rings (SSSR count). The number of nitrogens with one attached hydrogen (secondary N) is 1. The van der Waals surface area contributed by atoms with E-state index in [9.17, 15) is 15.0 Å². The van der Waals surface area contributed by atoms with E-state index in [1.807, 2.05) is 0 Å². The quantitative estimate of drug-likeness (QED) is 0.633.